The van der Waals surface area contributed by atoms with Crippen LogP contribution in [-0.2, 0) is 11.3 Å². The van der Waals surface area contributed by atoms with Gasteiger partial charge in [0, 0.05) is 223 Å². The van der Waals surface area contributed by atoms with Gasteiger partial charge in [-0.05, 0) is 215 Å². The summed E-state index contributed by atoms with van der Waals surface area (Å²) in [5.41, 5.74) is 29.5. The van der Waals surface area contributed by atoms with Crippen molar-refractivity contribution in [1.29, 1.82) is 0 Å². The molecule has 0 unspecified atom stereocenters. The van der Waals surface area contributed by atoms with E-state index in [1.54, 1.807) is 105 Å². The molecule has 2 saturated heterocycles. The first kappa shape index (κ1) is 94.3. The van der Waals surface area contributed by atoms with Crippen LogP contribution in [-0.4, -0.2) is 235 Å². The summed E-state index contributed by atoms with van der Waals surface area (Å²) in [7, 11) is 7.95. The maximum absolute atomic E-state index is 15.0. The molecule has 9 N–H and O–H groups in total. The van der Waals surface area contributed by atoms with Crippen molar-refractivity contribution in [2.75, 3.05) is 109 Å². The number of imidazole rings is 4. The maximum atomic E-state index is 15.0. The van der Waals surface area contributed by atoms with E-state index in [-0.39, 0.29) is 23.3 Å². The second kappa shape index (κ2) is 41.1. The molecule has 24 aromatic rings. The number of morpholine rings is 1. The van der Waals surface area contributed by atoms with Gasteiger partial charge in [-0.3, -0.25) is 45.2 Å². The number of nitrogens with zero attached hydrogens (tertiary/aromatic N) is 21. The average Bonchev–Trinajstić information content (AvgIpc) is 1.63. The summed E-state index contributed by atoms with van der Waals surface area (Å²) >= 11 is 0. The van der Waals surface area contributed by atoms with Gasteiger partial charge in [0.2, 0.25) is 0 Å². The van der Waals surface area contributed by atoms with E-state index < -0.39 is 0 Å². The third-order valence-electron chi connectivity index (χ3n) is 26.7. The highest BCUT2D eigenvalue weighted by Gasteiger charge is 2.27. The smallest absolute Gasteiger partial charge is 0.181 e. The zero-order chi connectivity index (χ0) is 101. The van der Waals surface area contributed by atoms with E-state index in [0.717, 1.165) is 246 Å². The number of halogens is 4. The Kier molecular flexibility index (Phi) is 26.0. The van der Waals surface area contributed by atoms with Gasteiger partial charge in [0.05, 0.1) is 78.9 Å². The number of hydrogen-bond donors (Lipinski definition) is 9. The lowest BCUT2D eigenvalue weighted by Gasteiger charge is -2.38. The summed E-state index contributed by atoms with van der Waals surface area (Å²) in [5, 5.41) is 36.6. The largest absolute Gasteiger partial charge is 0.384 e. The topological polar surface area (TPSA) is 370 Å². The normalized spacial score (nSPS) is 13.0. The van der Waals surface area contributed by atoms with Gasteiger partial charge in [0.25, 0.3) is 0 Å². The summed E-state index contributed by atoms with van der Waals surface area (Å²) in [5.74, 6) is 1.48. The molecule has 8 aromatic carbocycles. The van der Waals surface area contributed by atoms with Crippen molar-refractivity contribution in [3.8, 4) is 135 Å². The quantitative estimate of drug-likeness (QED) is 0.0302. The minimum Gasteiger partial charge on any atom is -0.384 e. The number of nitrogens with one attached hydrogen (secondary N) is 9. The second-order valence-corrected chi connectivity index (χ2v) is 37.5. The van der Waals surface area contributed by atoms with Gasteiger partial charge in [-0.1, -0.05) is 72.8 Å². The molecule has 2 fully saturated rings. The molecule has 0 spiro atoms. The Morgan fingerprint density at radius 3 is 1.01 bits per heavy atom. The summed E-state index contributed by atoms with van der Waals surface area (Å²) in [6.45, 7) is 13.1. The molecule has 18 heterocycles. The number of aromatic nitrogens is 24. The molecule has 738 valence electrons. The van der Waals surface area contributed by atoms with Crippen LogP contribution < -0.4 is 15.1 Å². The molecule has 0 aliphatic carbocycles. The third kappa shape index (κ3) is 19.9. The maximum Gasteiger partial charge on any atom is 0.181 e. The summed E-state index contributed by atoms with van der Waals surface area (Å²) < 4.78 is 64.2. The number of likely N-dealkylation sites (N-methyl/N-ethyl adjacent to an activating group) is 1. The van der Waals surface area contributed by atoms with Gasteiger partial charge in [0.1, 0.15) is 46.0 Å². The van der Waals surface area contributed by atoms with Gasteiger partial charge in [-0.2, -0.15) is 20.4 Å². The Labute approximate surface area is 850 Å². The van der Waals surface area contributed by atoms with E-state index in [0.29, 0.717) is 78.2 Å². The Bertz CT molecular complexity index is 9000. The first-order valence-corrected chi connectivity index (χ1v) is 48.9. The lowest BCUT2D eigenvalue weighted by atomic mass is 10.0. The van der Waals surface area contributed by atoms with Crippen molar-refractivity contribution < 1.29 is 22.3 Å². The molecule has 0 atom stereocenters. The molecule has 2 aliphatic rings. The Morgan fingerprint density at radius 2 is 0.671 bits per heavy atom. The van der Waals surface area contributed by atoms with Crippen LogP contribution in [0.4, 0.5) is 34.6 Å². The molecule has 26 rings (SSSR count). The van der Waals surface area contributed by atoms with Crippen LogP contribution in [0.25, 0.3) is 223 Å². The van der Waals surface area contributed by atoms with Crippen molar-refractivity contribution in [1.82, 2.24) is 135 Å². The number of piperazine rings is 1. The van der Waals surface area contributed by atoms with E-state index in [4.69, 9.17) is 24.7 Å². The molecule has 2 aliphatic heterocycles. The van der Waals surface area contributed by atoms with Crippen LogP contribution in [0.5, 0.6) is 0 Å². The van der Waals surface area contributed by atoms with Crippen molar-refractivity contribution >= 4 is 105 Å². The van der Waals surface area contributed by atoms with Crippen LogP contribution in [0.15, 0.2) is 293 Å². The van der Waals surface area contributed by atoms with Crippen LogP contribution in [0.2, 0.25) is 0 Å². The highest BCUT2D eigenvalue weighted by atomic mass is 19.1. The van der Waals surface area contributed by atoms with Crippen LogP contribution in [0.1, 0.15) is 19.4 Å². The van der Waals surface area contributed by atoms with Crippen molar-refractivity contribution in [2.24, 2.45) is 0 Å². The lowest BCUT2D eigenvalue weighted by Crippen LogP contribution is -2.48. The molecular weight excluding hydrogens is 1880 g/mol. The first-order chi connectivity index (χ1) is 72.8. The number of hydrogen-bond acceptors (Lipinski definition) is 23. The van der Waals surface area contributed by atoms with Gasteiger partial charge >= 0.3 is 0 Å². The number of fused-ring (bicyclic) bond motifs is 8. The number of anilines is 3. The van der Waals surface area contributed by atoms with Gasteiger partial charge in [-0.15, -0.1) is 0 Å². The summed E-state index contributed by atoms with van der Waals surface area (Å²) in [4.78, 5) is 79.3. The van der Waals surface area contributed by atoms with E-state index >= 15 is 0 Å². The number of rotatable bonds is 21. The molecule has 31 nitrogen and oxygen atoms in total. The predicted octanol–water partition coefficient (Wildman–Crippen LogP) is 21.9. The Balaban J connectivity index is 0.000000109. The van der Waals surface area contributed by atoms with Crippen molar-refractivity contribution in [3.05, 3.63) is 322 Å². The van der Waals surface area contributed by atoms with E-state index in [1.165, 1.54) is 12.1 Å². The highest BCUT2D eigenvalue weighted by molar-refractivity contribution is 6.03. The van der Waals surface area contributed by atoms with Gasteiger partial charge < -0.3 is 49.6 Å². The SMILES string of the molecule is CC(C)N1CCN(c2cc(F)cc(-c3cccc4[nH]c(-c5[nH]nc6ncc(-c7cccnc7)cc56)nc34)c2)CC1.CN(C)CCNc1cc(F)cc(-c2cccc3[nH]c(-c4[nH]nc5ncc(-c6cccnc6)cc45)nc23)c1.CN(C)Cc1cc(F)cc(-c2cccc3[nH]c(-c4[nH]nc5ncc(-c6cccnc6)cc45)nc23)c1.Fc1cc(-c2cccc3[nH]c(-c4[nH]nc5ncc(-c6cccnc6)cc45)nc23)cc(N2CCOCC2)c1. The van der Waals surface area contributed by atoms with Crippen molar-refractivity contribution in [3.63, 3.8) is 0 Å². The number of aromatic amines is 8. The zero-order valence-electron chi connectivity index (χ0n) is 81.9. The number of para-hydroxylation sites is 4. The fourth-order valence-corrected chi connectivity index (χ4v) is 19.3. The lowest BCUT2D eigenvalue weighted by molar-refractivity contribution is 0.122. The highest BCUT2D eigenvalue weighted by Crippen LogP contribution is 2.42. The Hall–Kier alpha value is -18.3. The number of pyridine rings is 8. The molecule has 0 amide bonds. The van der Waals surface area contributed by atoms with E-state index in [9.17, 15) is 17.6 Å². The minimum atomic E-state index is -0.300. The fraction of sp³-hybridized carbons (Fsp3) is 0.158. The van der Waals surface area contributed by atoms with E-state index in [1.807, 2.05) is 203 Å². The molecule has 16 aromatic heterocycles. The van der Waals surface area contributed by atoms with E-state index in [2.05, 4.69) is 145 Å². The Morgan fingerprint density at radius 1 is 0.336 bits per heavy atom. The molecule has 149 heavy (non-hydrogen) atoms. The standard InChI is InChI=1S/C31H29FN8.C28H25FN8.C28H22FN7O.C27H22FN7/c1-19(2)39-9-11-40(12-10-39)24-14-21(13-23(32)16-24)25-6-3-7-27-28(25)36-31(35-27)29-26-15-22(18-34-30(26)38-37-29)20-5-4-8-33-17-20;1-37(2)10-9-31-21-12-18(11-20(29)14-21)22-6-3-7-24-25(22)34-28(33-24)26-23-13-19(16-32-27(23)36-35-26)17-5-4-8-30-15-17;29-20-11-18(12-21(14-20)36-7-9-37-10-8-36)22-4-1-5-24-25(22)33-28(32-24)26-23-13-19(16-31-27(23)35-34-26)17-3-2-6-30-15-17;1-35(2)15-16-9-18(11-20(28)10-16)21-6-3-7-23-24(21)32-27(31-23)25-22-12-19(14-30-26(22)34-33-25)17-5-4-8-29-13-17/h3-8,13-19H,9-12H2,1-2H3,(H,35,36)(H,34,37,38);3-8,11-16,31H,9-10H2,1-2H3,(H,33,34)(H,32,35,36);1-6,11-16H,7-10H2,(H,32,33)(H,31,34,35);3-14H,15H2,1-2H3,(H,31,32)(H,30,33,34). The van der Waals surface area contributed by atoms with Gasteiger partial charge in [0.15, 0.2) is 45.9 Å². The monoisotopic (exact) mass is 1980 g/mol. The molecule has 0 bridgehead atoms. The molecule has 0 saturated carbocycles. The first-order valence-electron chi connectivity index (χ1n) is 48.9. The number of ether oxygens (including phenoxy) is 1. The molecular formula is C114H98F4N30O. The van der Waals surface area contributed by atoms with Crippen LogP contribution >= 0.6 is 0 Å². The fourth-order valence-electron chi connectivity index (χ4n) is 19.3. The van der Waals surface area contributed by atoms with Crippen molar-refractivity contribution in [2.45, 2.75) is 26.4 Å². The summed E-state index contributed by atoms with van der Waals surface area (Å²) in [6.07, 6.45) is 21.4. The van der Waals surface area contributed by atoms with Gasteiger partial charge in [-0.25, -0.2) is 57.4 Å². The molecule has 0 radical (unpaired) electrons. The third-order valence-corrected chi connectivity index (χ3v) is 26.7. The predicted molar refractivity (Wildman–Crippen MR) is 577 cm³/mol. The zero-order valence-corrected chi connectivity index (χ0v) is 81.9. The number of benzene rings is 8. The minimum absolute atomic E-state index is 0.250. The molecule has 35 heteroatoms. The average molecular weight is 1980 g/mol. The summed E-state index contributed by atoms with van der Waals surface area (Å²) in [6, 6.07) is 68.4. The van der Waals surface area contributed by atoms with Crippen LogP contribution in [0.3, 0.4) is 0 Å². The second-order valence-electron chi connectivity index (χ2n) is 37.5. The number of H-pyrrole nitrogens is 8. The van der Waals surface area contributed by atoms with Crippen LogP contribution in [0, 0.1) is 23.3 Å².